The van der Waals surface area contributed by atoms with Crippen LogP contribution in [0.4, 0.5) is 5.82 Å². The van der Waals surface area contributed by atoms with Crippen LogP contribution in [0.1, 0.15) is 18.4 Å². The van der Waals surface area contributed by atoms with Gasteiger partial charge in [-0.2, -0.15) is 0 Å². The number of halogens is 1. The van der Waals surface area contributed by atoms with E-state index in [1.807, 2.05) is 32.0 Å². The number of ether oxygens (including phenoxy) is 1. The van der Waals surface area contributed by atoms with Crippen molar-refractivity contribution >= 4 is 17.4 Å². The van der Waals surface area contributed by atoms with Crippen LogP contribution in [0.15, 0.2) is 30.3 Å². The van der Waals surface area contributed by atoms with Gasteiger partial charge in [0.2, 0.25) is 0 Å². The maximum atomic E-state index is 5.82. The Bertz CT molecular complexity index is 543. The predicted octanol–water partition coefficient (Wildman–Crippen LogP) is 3.45. The van der Waals surface area contributed by atoms with Crippen LogP contribution in [0, 0.1) is 6.92 Å². The molecule has 2 aromatic rings. The smallest absolute Gasteiger partial charge is 0.168 e. The van der Waals surface area contributed by atoms with E-state index in [1.165, 1.54) is 0 Å². The first-order valence-corrected chi connectivity index (χ1v) is 6.52. The molecule has 1 aromatic heterocycles. The average molecular weight is 278 g/mol. The quantitative estimate of drug-likeness (QED) is 0.909. The van der Waals surface area contributed by atoms with Crippen molar-refractivity contribution in [3.05, 3.63) is 46.9 Å². The van der Waals surface area contributed by atoms with E-state index >= 15 is 0 Å². The highest BCUT2D eigenvalue weighted by molar-refractivity contribution is 6.30. The van der Waals surface area contributed by atoms with Crippen LogP contribution in [-0.4, -0.2) is 16.5 Å². The standard InChI is InChI=1S/C14H16ClN3O/c1-3-16-13-8-10(2)17-14(18-13)9-19-12-6-4-11(15)5-7-12/h4-8H,3,9H2,1-2H3,(H,16,17,18). The zero-order valence-corrected chi connectivity index (χ0v) is 11.7. The van der Waals surface area contributed by atoms with Crippen LogP contribution in [0.25, 0.3) is 0 Å². The lowest BCUT2D eigenvalue weighted by Gasteiger charge is -2.08. The topological polar surface area (TPSA) is 47.0 Å². The molecule has 0 aliphatic carbocycles. The minimum atomic E-state index is 0.335. The molecule has 0 radical (unpaired) electrons. The van der Waals surface area contributed by atoms with E-state index in [9.17, 15) is 0 Å². The van der Waals surface area contributed by atoms with Gasteiger partial charge < -0.3 is 10.1 Å². The van der Waals surface area contributed by atoms with Crippen molar-refractivity contribution in [2.24, 2.45) is 0 Å². The van der Waals surface area contributed by atoms with Crippen LogP contribution in [0.2, 0.25) is 5.02 Å². The fourth-order valence-corrected chi connectivity index (χ4v) is 1.77. The summed E-state index contributed by atoms with van der Waals surface area (Å²) in [6.07, 6.45) is 0. The number of hydrogen-bond acceptors (Lipinski definition) is 4. The van der Waals surface area contributed by atoms with Crippen molar-refractivity contribution in [2.45, 2.75) is 20.5 Å². The summed E-state index contributed by atoms with van der Waals surface area (Å²) in [4.78, 5) is 8.73. The van der Waals surface area contributed by atoms with Gasteiger partial charge in [-0.25, -0.2) is 9.97 Å². The number of anilines is 1. The molecule has 1 heterocycles. The van der Waals surface area contributed by atoms with E-state index in [1.54, 1.807) is 12.1 Å². The summed E-state index contributed by atoms with van der Waals surface area (Å²) in [6.45, 7) is 5.13. The Kier molecular flexibility index (Phi) is 4.58. The van der Waals surface area contributed by atoms with Crippen molar-refractivity contribution in [2.75, 3.05) is 11.9 Å². The van der Waals surface area contributed by atoms with Crippen molar-refractivity contribution in [1.29, 1.82) is 0 Å². The van der Waals surface area contributed by atoms with Gasteiger partial charge in [-0.15, -0.1) is 0 Å². The zero-order chi connectivity index (χ0) is 13.7. The molecule has 0 atom stereocenters. The molecule has 0 saturated heterocycles. The monoisotopic (exact) mass is 277 g/mol. The molecule has 0 unspecified atom stereocenters. The van der Waals surface area contributed by atoms with Crippen LogP contribution >= 0.6 is 11.6 Å². The van der Waals surface area contributed by atoms with Crippen LogP contribution < -0.4 is 10.1 Å². The Labute approximate surface area is 117 Å². The summed E-state index contributed by atoms with van der Waals surface area (Å²) in [5.74, 6) is 2.23. The molecule has 0 bridgehead atoms. The minimum Gasteiger partial charge on any atom is -0.486 e. The second kappa shape index (κ2) is 6.38. The lowest BCUT2D eigenvalue weighted by Crippen LogP contribution is -2.07. The summed E-state index contributed by atoms with van der Waals surface area (Å²) in [5.41, 5.74) is 0.917. The van der Waals surface area contributed by atoms with Gasteiger partial charge in [0.25, 0.3) is 0 Å². The first kappa shape index (κ1) is 13.6. The maximum absolute atomic E-state index is 5.82. The van der Waals surface area contributed by atoms with Crippen molar-refractivity contribution < 1.29 is 4.74 Å². The van der Waals surface area contributed by atoms with Gasteiger partial charge in [0.15, 0.2) is 5.82 Å². The summed E-state index contributed by atoms with van der Waals surface area (Å²) >= 11 is 5.82. The lowest BCUT2D eigenvalue weighted by molar-refractivity contribution is 0.295. The summed E-state index contributed by atoms with van der Waals surface area (Å²) < 4.78 is 5.62. The number of aryl methyl sites for hydroxylation is 1. The molecule has 0 amide bonds. The molecule has 5 heteroatoms. The number of rotatable bonds is 5. The third kappa shape index (κ3) is 4.10. The second-order valence-corrected chi connectivity index (χ2v) is 4.52. The maximum Gasteiger partial charge on any atom is 0.168 e. The molecule has 0 saturated carbocycles. The Morgan fingerprint density at radius 3 is 2.63 bits per heavy atom. The number of benzene rings is 1. The first-order valence-electron chi connectivity index (χ1n) is 6.14. The highest BCUT2D eigenvalue weighted by atomic mass is 35.5. The molecular weight excluding hydrogens is 262 g/mol. The Hall–Kier alpha value is -1.81. The van der Waals surface area contributed by atoms with E-state index < -0.39 is 0 Å². The summed E-state index contributed by atoms with van der Waals surface area (Å²) in [7, 11) is 0. The van der Waals surface area contributed by atoms with Crippen molar-refractivity contribution in [3.8, 4) is 5.75 Å². The molecule has 1 N–H and O–H groups in total. The van der Waals surface area contributed by atoms with Crippen LogP contribution in [0.5, 0.6) is 5.75 Å². The molecule has 0 aliphatic rings. The Morgan fingerprint density at radius 1 is 1.21 bits per heavy atom. The van der Waals surface area contributed by atoms with Gasteiger partial charge in [-0.05, 0) is 38.1 Å². The van der Waals surface area contributed by atoms with E-state index in [2.05, 4.69) is 15.3 Å². The number of nitrogens with one attached hydrogen (secondary N) is 1. The molecule has 19 heavy (non-hydrogen) atoms. The number of nitrogens with zero attached hydrogens (tertiary/aromatic N) is 2. The third-order valence-corrected chi connectivity index (χ3v) is 2.69. The van der Waals surface area contributed by atoms with Crippen LogP contribution in [-0.2, 0) is 6.61 Å². The predicted molar refractivity (Wildman–Crippen MR) is 76.7 cm³/mol. The minimum absolute atomic E-state index is 0.335. The normalized spacial score (nSPS) is 10.3. The van der Waals surface area contributed by atoms with Gasteiger partial charge in [0.05, 0.1) is 0 Å². The van der Waals surface area contributed by atoms with E-state index in [0.717, 1.165) is 23.8 Å². The van der Waals surface area contributed by atoms with Gasteiger partial charge in [0, 0.05) is 23.3 Å². The lowest BCUT2D eigenvalue weighted by atomic mass is 10.3. The molecular formula is C14H16ClN3O. The second-order valence-electron chi connectivity index (χ2n) is 4.08. The zero-order valence-electron chi connectivity index (χ0n) is 11.0. The van der Waals surface area contributed by atoms with E-state index in [-0.39, 0.29) is 0 Å². The molecule has 4 nitrogen and oxygen atoms in total. The third-order valence-electron chi connectivity index (χ3n) is 2.44. The Morgan fingerprint density at radius 2 is 1.95 bits per heavy atom. The fraction of sp³-hybridized carbons (Fsp3) is 0.286. The summed E-state index contributed by atoms with van der Waals surface area (Å²) in [5, 5.41) is 3.86. The summed E-state index contributed by atoms with van der Waals surface area (Å²) in [6, 6.07) is 9.14. The largest absolute Gasteiger partial charge is 0.486 e. The molecule has 1 aromatic carbocycles. The number of aromatic nitrogens is 2. The molecule has 0 spiro atoms. The first-order chi connectivity index (χ1) is 9.17. The average Bonchev–Trinajstić information content (AvgIpc) is 2.38. The Balaban J connectivity index is 2.04. The van der Waals surface area contributed by atoms with Gasteiger partial charge >= 0.3 is 0 Å². The van der Waals surface area contributed by atoms with Crippen molar-refractivity contribution in [1.82, 2.24) is 9.97 Å². The van der Waals surface area contributed by atoms with E-state index in [0.29, 0.717) is 17.5 Å². The SMILES string of the molecule is CCNc1cc(C)nc(COc2ccc(Cl)cc2)n1. The van der Waals surface area contributed by atoms with Gasteiger partial charge in [-0.1, -0.05) is 11.6 Å². The van der Waals surface area contributed by atoms with Gasteiger partial charge in [-0.3, -0.25) is 0 Å². The fourth-order valence-electron chi connectivity index (χ4n) is 1.64. The number of hydrogen-bond donors (Lipinski definition) is 1. The van der Waals surface area contributed by atoms with Crippen molar-refractivity contribution in [3.63, 3.8) is 0 Å². The molecule has 0 aliphatic heterocycles. The highest BCUT2D eigenvalue weighted by Crippen LogP contribution is 2.16. The molecule has 2 rings (SSSR count). The van der Waals surface area contributed by atoms with E-state index in [4.69, 9.17) is 16.3 Å². The highest BCUT2D eigenvalue weighted by Gasteiger charge is 2.03. The molecule has 0 fully saturated rings. The van der Waals surface area contributed by atoms with Gasteiger partial charge in [0.1, 0.15) is 18.2 Å². The van der Waals surface area contributed by atoms with Crippen LogP contribution in [0.3, 0.4) is 0 Å². The molecule has 100 valence electrons.